The SMILES string of the molecule is CCN(CC)CCOc1ccccc1CNS(=O)(=O)C=Cc1ccc(C)cc1. The molecule has 28 heavy (non-hydrogen) atoms. The number of rotatable bonds is 11. The Morgan fingerprint density at radius 1 is 1.04 bits per heavy atom. The highest BCUT2D eigenvalue weighted by atomic mass is 32.2. The first-order chi connectivity index (χ1) is 13.4. The molecule has 0 aromatic heterocycles. The zero-order valence-electron chi connectivity index (χ0n) is 16.9. The molecule has 0 spiro atoms. The van der Waals surface area contributed by atoms with Crippen LogP contribution >= 0.6 is 0 Å². The molecule has 0 saturated heterocycles. The van der Waals surface area contributed by atoms with E-state index >= 15 is 0 Å². The largest absolute Gasteiger partial charge is 0.492 e. The Morgan fingerprint density at radius 3 is 2.39 bits per heavy atom. The molecule has 2 rings (SSSR count). The molecule has 152 valence electrons. The van der Waals surface area contributed by atoms with Crippen LogP contribution in [0.3, 0.4) is 0 Å². The molecule has 0 amide bonds. The van der Waals surface area contributed by atoms with E-state index in [1.54, 1.807) is 6.08 Å². The molecule has 0 heterocycles. The number of nitrogens with zero attached hydrogens (tertiary/aromatic N) is 1. The van der Waals surface area contributed by atoms with Crippen LogP contribution in [0.1, 0.15) is 30.5 Å². The van der Waals surface area contributed by atoms with Crippen LogP contribution in [0.25, 0.3) is 6.08 Å². The minimum atomic E-state index is -3.54. The normalized spacial score (nSPS) is 12.0. The smallest absolute Gasteiger partial charge is 0.234 e. The molecular formula is C22H30N2O3S. The minimum absolute atomic E-state index is 0.183. The predicted octanol–water partition coefficient (Wildman–Crippen LogP) is 3.81. The molecule has 1 N–H and O–H groups in total. The van der Waals surface area contributed by atoms with Gasteiger partial charge < -0.3 is 9.64 Å². The topological polar surface area (TPSA) is 58.6 Å². The standard InChI is InChI=1S/C22H30N2O3S/c1-4-24(5-2)15-16-27-22-9-7-6-8-21(22)18-23-28(25,26)17-14-20-12-10-19(3)11-13-20/h6-14,17,23H,4-5,15-16,18H2,1-3H3. The van der Waals surface area contributed by atoms with Gasteiger partial charge in [0.2, 0.25) is 10.0 Å². The fourth-order valence-electron chi connectivity index (χ4n) is 2.69. The fourth-order valence-corrected chi connectivity index (χ4v) is 3.48. The minimum Gasteiger partial charge on any atom is -0.492 e. The second-order valence-corrected chi connectivity index (χ2v) is 8.21. The van der Waals surface area contributed by atoms with E-state index in [0.717, 1.165) is 36.3 Å². The summed E-state index contributed by atoms with van der Waals surface area (Å²) in [5, 5.41) is 1.20. The zero-order valence-corrected chi connectivity index (χ0v) is 17.7. The van der Waals surface area contributed by atoms with Crippen LogP contribution in [0.15, 0.2) is 53.9 Å². The van der Waals surface area contributed by atoms with Crippen LogP contribution in [-0.2, 0) is 16.6 Å². The van der Waals surface area contributed by atoms with Crippen LogP contribution in [0.4, 0.5) is 0 Å². The summed E-state index contributed by atoms with van der Waals surface area (Å²) < 4.78 is 33.1. The lowest BCUT2D eigenvalue weighted by Crippen LogP contribution is -2.28. The highest BCUT2D eigenvalue weighted by Gasteiger charge is 2.09. The van der Waals surface area contributed by atoms with Gasteiger partial charge in [0, 0.05) is 24.1 Å². The van der Waals surface area contributed by atoms with E-state index in [2.05, 4.69) is 23.5 Å². The quantitative estimate of drug-likeness (QED) is 0.621. The van der Waals surface area contributed by atoms with Crippen LogP contribution in [0.5, 0.6) is 5.75 Å². The Morgan fingerprint density at radius 2 is 1.71 bits per heavy atom. The summed E-state index contributed by atoms with van der Waals surface area (Å²) in [6.07, 6.45) is 1.59. The van der Waals surface area contributed by atoms with Crippen molar-refractivity contribution in [3.8, 4) is 5.75 Å². The van der Waals surface area contributed by atoms with E-state index in [1.165, 1.54) is 5.41 Å². The molecule has 0 radical (unpaired) electrons. The van der Waals surface area contributed by atoms with Crippen molar-refractivity contribution < 1.29 is 13.2 Å². The molecule has 0 aliphatic heterocycles. The number of likely N-dealkylation sites (N-methyl/N-ethyl adjacent to an activating group) is 1. The third kappa shape index (κ3) is 7.46. The van der Waals surface area contributed by atoms with Crippen LogP contribution < -0.4 is 9.46 Å². The monoisotopic (exact) mass is 402 g/mol. The van der Waals surface area contributed by atoms with Gasteiger partial charge in [0.25, 0.3) is 0 Å². The van der Waals surface area contributed by atoms with Gasteiger partial charge >= 0.3 is 0 Å². The lowest BCUT2D eigenvalue weighted by Gasteiger charge is -2.19. The van der Waals surface area contributed by atoms with Gasteiger partial charge in [-0.25, -0.2) is 13.1 Å². The van der Waals surface area contributed by atoms with E-state index in [4.69, 9.17) is 4.74 Å². The number of aryl methyl sites for hydroxylation is 1. The van der Waals surface area contributed by atoms with Crippen molar-refractivity contribution in [1.82, 2.24) is 9.62 Å². The predicted molar refractivity (Wildman–Crippen MR) is 116 cm³/mol. The number of benzene rings is 2. The van der Waals surface area contributed by atoms with Crippen molar-refractivity contribution in [1.29, 1.82) is 0 Å². The van der Waals surface area contributed by atoms with Crippen molar-refractivity contribution in [3.63, 3.8) is 0 Å². The molecule has 0 bridgehead atoms. The van der Waals surface area contributed by atoms with E-state index < -0.39 is 10.0 Å². The van der Waals surface area contributed by atoms with E-state index in [0.29, 0.717) is 12.4 Å². The number of hydrogen-bond acceptors (Lipinski definition) is 4. The Labute approximate surface area is 169 Å². The van der Waals surface area contributed by atoms with Gasteiger partial charge in [0.15, 0.2) is 0 Å². The molecule has 0 fully saturated rings. The molecular weight excluding hydrogens is 372 g/mol. The average Bonchev–Trinajstić information content (AvgIpc) is 2.70. The maximum Gasteiger partial charge on any atom is 0.234 e. The van der Waals surface area contributed by atoms with Gasteiger partial charge in [0.1, 0.15) is 12.4 Å². The zero-order chi connectivity index (χ0) is 20.4. The molecule has 0 saturated carbocycles. The van der Waals surface area contributed by atoms with E-state index in [-0.39, 0.29) is 6.54 Å². The summed E-state index contributed by atoms with van der Waals surface area (Å²) in [7, 11) is -3.54. The summed E-state index contributed by atoms with van der Waals surface area (Å²) in [5.41, 5.74) is 2.79. The van der Waals surface area contributed by atoms with Crippen molar-refractivity contribution in [2.45, 2.75) is 27.3 Å². The Hall–Kier alpha value is -2.15. The third-order valence-electron chi connectivity index (χ3n) is 4.51. The summed E-state index contributed by atoms with van der Waals surface area (Å²) in [5.74, 6) is 0.708. The Bertz CT molecular complexity index is 858. The van der Waals surface area contributed by atoms with Crippen molar-refractivity contribution in [3.05, 3.63) is 70.6 Å². The molecule has 6 heteroatoms. The Kier molecular flexibility index (Phi) is 8.70. The summed E-state index contributed by atoms with van der Waals surface area (Å²) >= 11 is 0. The molecule has 2 aromatic rings. The van der Waals surface area contributed by atoms with Gasteiger partial charge in [0.05, 0.1) is 0 Å². The number of sulfonamides is 1. The van der Waals surface area contributed by atoms with Gasteiger partial charge in [-0.15, -0.1) is 0 Å². The number of ether oxygens (including phenoxy) is 1. The molecule has 0 unspecified atom stereocenters. The maximum absolute atomic E-state index is 12.3. The molecule has 5 nitrogen and oxygen atoms in total. The summed E-state index contributed by atoms with van der Waals surface area (Å²) in [6, 6.07) is 15.2. The summed E-state index contributed by atoms with van der Waals surface area (Å²) in [4.78, 5) is 2.28. The number of nitrogens with one attached hydrogen (secondary N) is 1. The van der Waals surface area contributed by atoms with E-state index in [1.807, 2.05) is 55.5 Å². The van der Waals surface area contributed by atoms with Crippen LogP contribution in [-0.4, -0.2) is 39.6 Å². The van der Waals surface area contributed by atoms with Crippen LogP contribution in [0.2, 0.25) is 0 Å². The van der Waals surface area contributed by atoms with E-state index in [9.17, 15) is 8.42 Å². The van der Waals surface area contributed by atoms with Gasteiger partial charge in [-0.1, -0.05) is 61.9 Å². The highest BCUT2D eigenvalue weighted by molar-refractivity contribution is 7.92. The van der Waals surface area contributed by atoms with Crippen molar-refractivity contribution in [2.24, 2.45) is 0 Å². The average molecular weight is 403 g/mol. The van der Waals surface area contributed by atoms with Gasteiger partial charge in [-0.3, -0.25) is 0 Å². The molecule has 0 aliphatic carbocycles. The third-order valence-corrected chi connectivity index (χ3v) is 5.55. The first-order valence-electron chi connectivity index (χ1n) is 9.61. The lowest BCUT2D eigenvalue weighted by molar-refractivity contribution is 0.221. The molecule has 2 aromatic carbocycles. The first kappa shape index (κ1) is 22.1. The first-order valence-corrected chi connectivity index (χ1v) is 11.2. The van der Waals surface area contributed by atoms with Crippen molar-refractivity contribution >= 4 is 16.1 Å². The van der Waals surface area contributed by atoms with Crippen LogP contribution in [0, 0.1) is 6.92 Å². The second-order valence-electron chi connectivity index (χ2n) is 6.56. The maximum atomic E-state index is 12.3. The van der Waals surface area contributed by atoms with Crippen molar-refractivity contribution in [2.75, 3.05) is 26.2 Å². The molecule has 0 aliphatic rings. The summed E-state index contributed by atoms with van der Waals surface area (Å²) in [6.45, 7) is 9.79. The lowest BCUT2D eigenvalue weighted by atomic mass is 10.2. The second kappa shape index (κ2) is 11.0. The number of para-hydroxylation sites is 1. The molecule has 0 atom stereocenters. The number of hydrogen-bond donors (Lipinski definition) is 1. The highest BCUT2D eigenvalue weighted by Crippen LogP contribution is 2.18. The Balaban J connectivity index is 1.94. The van der Waals surface area contributed by atoms with Gasteiger partial charge in [-0.2, -0.15) is 0 Å². The van der Waals surface area contributed by atoms with Gasteiger partial charge in [-0.05, 0) is 37.7 Å². The fraction of sp³-hybridized carbons (Fsp3) is 0.364.